The van der Waals surface area contributed by atoms with Crippen molar-refractivity contribution < 1.29 is 0 Å². The lowest BCUT2D eigenvalue weighted by molar-refractivity contribution is 0.0982. The van der Waals surface area contributed by atoms with Crippen LogP contribution >= 0.6 is 24.0 Å². The molecule has 5 nitrogen and oxygen atoms in total. The molecule has 0 aromatic heterocycles. The third kappa shape index (κ3) is 7.04. The van der Waals surface area contributed by atoms with Gasteiger partial charge < -0.3 is 15.5 Å². The number of hydrogen-bond donors (Lipinski definition) is 2. The molecule has 0 amide bonds. The first-order valence-corrected chi connectivity index (χ1v) is 9.39. The smallest absolute Gasteiger partial charge is 0.191 e. The fraction of sp³-hybridized carbons (Fsp3) is 0.944. The summed E-state index contributed by atoms with van der Waals surface area (Å²) in [5, 5.41) is 7.07. The minimum Gasteiger partial charge on any atom is -0.356 e. The third-order valence-electron chi connectivity index (χ3n) is 5.40. The highest BCUT2D eigenvalue weighted by molar-refractivity contribution is 14.0. The monoisotopic (exact) mass is 451 g/mol. The van der Waals surface area contributed by atoms with E-state index in [0.717, 1.165) is 25.0 Å². The van der Waals surface area contributed by atoms with E-state index in [1.54, 1.807) is 0 Å². The van der Waals surface area contributed by atoms with Crippen LogP contribution in [-0.2, 0) is 0 Å². The Morgan fingerprint density at radius 1 is 1.08 bits per heavy atom. The average molecular weight is 451 g/mol. The molecule has 0 radical (unpaired) electrons. The molecule has 142 valence electrons. The Morgan fingerprint density at radius 2 is 1.79 bits per heavy atom. The van der Waals surface area contributed by atoms with Crippen LogP contribution in [0.25, 0.3) is 0 Å². The maximum Gasteiger partial charge on any atom is 0.191 e. The summed E-state index contributed by atoms with van der Waals surface area (Å²) in [7, 11) is 4.09. The van der Waals surface area contributed by atoms with Crippen LogP contribution in [0.3, 0.4) is 0 Å². The van der Waals surface area contributed by atoms with Gasteiger partial charge in [0.2, 0.25) is 0 Å². The second-order valence-corrected chi connectivity index (χ2v) is 7.94. The summed E-state index contributed by atoms with van der Waals surface area (Å²) in [5.74, 6) is 1.69. The zero-order valence-corrected chi connectivity index (χ0v) is 18.4. The van der Waals surface area contributed by atoms with Gasteiger partial charge in [-0.2, -0.15) is 0 Å². The number of hydrogen-bond acceptors (Lipinski definition) is 3. The van der Waals surface area contributed by atoms with Crippen molar-refractivity contribution in [3.05, 3.63) is 0 Å². The normalized spacial score (nSPS) is 24.3. The van der Waals surface area contributed by atoms with Crippen LogP contribution in [0, 0.1) is 5.92 Å². The number of rotatable bonds is 5. The van der Waals surface area contributed by atoms with E-state index in [1.807, 2.05) is 7.05 Å². The molecule has 0 bridgehead atoms. The molecule has 24 heavy (non-hydrogen) atoms. The van der Waals surface area contributed by atoms with Crippen LogP contribution in [0.5, 0.6) is 0 Å². The van der Waals surface area contributed by atoms with Crippen molar-refractivity contribution >= 4 is 29.9 Å². The number of guanidine groups is 1. The van der Waals surface area contributed by atoms with Gasteiger partial charge in [-0.3, -0.25) is 9.89 Å². The van der Waals surface area contributed by atoms with E-state index < -0.39 is 0 Å². The number of likely N-dealkylation sites (tertiary alicyclic amines) is 2. The molecule has 1 unspecified atom stereocenters. The Labute approximate surface area is 166 Å². The molecular weight excluding hydrogens is 413 g/mol. The SMILES string of the molecule is CN=C(NCC1CCCN(C)C1)NCC(C)(C)N1CCCCC1.I. The third-order valence-corrected chi connectivity index (χ3v) is 5.40. The van der Waals surface area contributed by atoms with E-state index in [-0.39, 0.29) is 29.5 Å². The van der Waals surface area contributed by atoms with Crippen molar-refractivity contribution in [1.29, 1.82) is 0 Å². The first kappa shape index (κ1) is 22.0. The number of piperidine rings is 2. The molecule has 2 aliphatic rings. The van der Waals surface area contributed by atoms with Gasteiger partial charge in [-0.25, -0.2) is 0 Å². The number of aliphatic imine (C=N–C) groups is 1. The van der Waals surface area contributed by atoms with Gasteiger partial charge in [0.25, 0.3) is 0 Å². The van der Waals surface area contributed by atoms with Crippen LogP contribution in [0.4, 0.5) is 0 Å². The van der Waals surface area contributed by atoms with Crippen molar-refractivity contribution in [3.63, 3.8) is 0 Å². The van der Waals surface area contributed by atoms with Gasteiger partial charge in [-0.05, 0) is 72.1 Å². The minimum absolute atomic E-state index is 0. The molecule has 2 fully saturated rings. The first-order chi connectivity index (χ1) is 11.0. The van der Waals surface area contributed by atoms with Gasteiger partial charge in [0, 0.05) is 32.2 Å². The first-order valence-electron chi connectivity index (χ1n) is 9.39. The lowest BCUT2D eigenvalue weighted by Gasteiger charge is -2.41. The molecule has 2 aliphatic heterocycles. The number of halogens is 1. The van der Waals surface area contributed by atoms with Gasteiger partial charge >= 0.3 is 0 Å². The topological polar surface area (TPSA) is 42.9 Å². The summed E-state index contributed by atoms with van der Waals surface area (Å²) < 4.78 is 0. The molecule has 2 rings (SSSR count). The largest absolute Gasteiger partial charge is 0.356 e. The highest BCUT2D eigenvalue weighted by atomic mass is 127. The molecule has 2 saturated heterocycles. The summed E-state index contributed by atoms with van der Waals surface area (Å²) >= 11 is 0. The van der Waals surface area contributed by atoms with Crippen molar-refractivity contribution in [2.45, 2.75) is 51.5 Å². The van der Waals surface area contributed by atoms with Gasteiger partial charge in [0.05, 0.1) is 0 Å². The minimum atomic E-state index is 0. The van der Waals surface area contributed by atoms with Crippen LogP contribution in [0.1, 0.15) is 46.0 Å². The Kier molecular flexibility index (Phi) is 9.89. The highest BCUT2D eigenvalue weighted by Gasteiger charge is 2.28. The second kappa shape index (κ2) is 10.8. The highest BCUT2D eigenvalue weighted by Crippen LogP contribution is 2.19. The average Bonchev–Trinajstić information content (AvgIpc) is 2.56. The maximum absolute atomic E-state index is 4.40. The second-order valence-electron chi connectivity index (χ2n) is 7.94. The molecule has 0 saturated carbocycles. The Balaban J connectivity index is 0.00000288. The zero-order chi connectivity index (χ0) is 16.7. The Morgan fingerprint density at radius 3 is 2.42 bits per heavy atom. The van der Waals surface area contributed by atoms with E-state index in [2.05, 4.69) is 46.3 Å². The molecule has 0 aromatic rings. The molecule has 2 heterocycles. The molecule has 6 heteroatoms. The van der Waals surface area contributed by atoms with Crippen LogP contribution in [0.2, 0.25) is 0 Å². The van der Waals surface area contributed by atoms with Crippen molar-refractivity contribution in [2.24, 2.45) is 10.9 Å². The molecule has 1 atom stereocenters. The summed E-state index contributed by atoms with van der Waals surface area (Å²) in [6, 6.07) is 0. The van der Waals surface area contributed by atoms with Gasteiger partial charge in [-0.1, -0.05) is 6.42 Å². The van der Waals surface area contributed by atoms with Crippen LogP contribution in [0.15, 0.2) is 4.99 Å². The molecule has 0 aromatic carbocycles. The molecular formula is C18H38IN5. The molecule has 0 aliphatic carbocycles. The molecule has 0 spiro atoms. The van der Waals surface area contributed by atoms with Gasteiger partial charge in [0.1, 0.15) is 0 Å². The summed E-state index contributed by atoms with van der Waals surface area (Å²) in [5.41, 5.74) is 0.184. The standard InChI is InChI=1S/C18H37N5.HI/c1-18(2,23-11-6-5-7-12-23)15-21-17(19-3)20-13-16-9-8-10-22(4)14-16;/h16H,5-15H2,1-4H3,(H2,19,20,21);1H. The zero-order valence-electron chi connectivity index (χ0n) is 16.1. The van der Waals surface area contributed by atoms with Gasteiger partial charge in [0.15, 0.2) is 5.96 Å². The summed E-state index contributed by atoms with van der Waals surface area (Å²) in [4.78, 5) is 9.46. The maximum atomic E-state index is 4.40. The quantitative estimate of drug-likeness (QED) is 0.383. The lowest BCUT2D eigenvalue weighted by Crippen LogP contribution is -2.55. The van der Waals surface area contributed by atoms with Crippen LogP contribution in [-0.4, -0.2) is 74.7 Å². The van der Waals surface area contributed by atoms with E-state index in [9.17, 15) is 0 Å². The predicted molar refractivity (Wildman–Crippen MR) is 115 cm³/mol. The van der Waals surface area contributed by atoms with E-state index in [4.69, 9.17) is 0 Å². The summed E-state index contributed by atoms with van der Waals surface area (Å²) in [6.07, 6.45) is 6.71. The number of nitrogens with zero attached hydrogens (tertiary/aromatic N) is 3. The van der Waals surface area contributed by atoms with E-state index >= 15 is 0 Å². The Bertz CT molecular complexity index is 380. The Hall–Kier alpha value is -0.0800. The van der Waals surface area contributed by atoms with E-state index in [1.165, 1.54) is 58.3 Å². The molecule has 2 N–H and O–H groups in total. The van der Waals surface area contributed by atoms with Crippen molar-refractivity contribution in [2.75, 3.05) is 53.4 Å². The predicted octanol–water partition coefficient (Wildman–Crippen LogP) is 2.38. The fourth-order valence-corrected chi connectivity index (χ4v) is 3.81. The summed E-state index contributed by atoms with van der Waals surface area (Å²) in [6.45, 7) is 11.6. The van der Waals surface area contributed by atoms with Gasteiger partial charge in [-0.15, -0.1) is 24.0 Å². The van der Waals surface area contributed by atoms with E-state index in [0.29, 0.717) is 0 Å². The van der Waals surface area contributed by atoms with Crippen molar-refractivity contribution in [3.8, 4) is 0 Å². The number of nitrogens with one attached hydrogen (secondary N) is 2. The van der Waals surface area contributed by atoms with Crippen LogP contribution < -0.4 is 10.6 Å². The lowest BCUT2D eigenvalue weighted by atomic mass is 9.98. The van der Waals surface area contributed by atoms with Crippen molar-refractivity contribution in [1.82, 2.24) is 20.4 Å². The fourth-order valence-electron chi connectivity index (χ4n) is 3.81.